The largest absolute Gasteiger partial charge is 0.481 e. The SMILES string of the molecule is CCOCCCN(CCC(=O)O)CCN1CCCC1. The Hall–Kier alpha value is -0.650. The number of aliphatic carboxylic acids is 1. The van der Waals surface area contributed by atoms with E-state index in [-0.39, 0.29) is 6.42 Å². The van der Waals surface area contributed by atoms with E-state index in [1.807, 2.05) is 6.92 Å². The standard InChI is InChI=1S/C14H28N2O3/c1-2-19-13-5-9-16(10-6-14(17)18)12-11-15-7-3-4-8-15/h2-13H2,1H3,(H,17,18). The van der Waals surface area contributed by atoms with Crippen LogP contribution in [0.15, 0.2) is 0 Å². The lowest BCUT2D eigenvalue weighted by Crippen LogP contribution is -2.36. The second kappa shape index (κ2) is 10.2. The fourth-order valence-corrected chi connectivity index (χ4v) is 2.41. The van der Waals surface area contributed by atoms with Crippen LogP contribution in [-0.2, 0) is 9.53 Å². The van der Waals surface area contributed by atoms with Gasteiger partial charge in [-0.05, 0) is 39.3 Å². The molecule has 0 spiro atoms. The monoisotopic (exact) mass is 272 g/mol. The highest BCUT2D eigenvalue weighted by atomic mass is 16.5. The molecule has 0 unspecified atom stereocenters. The summed E-state index contributed by atoms with van der Waals surface area (Å²) in [6.07, 6.45) is 3.82. The van der Waals surface area contributed by atoms with Crippen LogP contribution in [0, 0.1) is 0 Å². The molecule has 5 nitrogen and oxygen atoms in total. The molecule has 1 aliphatic heterocycles. The van der Waals surface area contributed by atoms with Crippen LogP contribution in [0.2, 0.25) is 0 Å². The van der Waals surface area contributed by atoms with Gasteiger partial charge in [-0.25, -0.2) is 0 Å². The van der Waals surface area contributed by atoms with Crippen molar-refractivity contribution >= 4 is 5.97 Å². The minimum Gasteiger partial charge on any atom is -0.481 e. The first-order valence-electron chi connectivity index (χ1n) is 7.46. The molecule has 19 heavy (non-hydrogen) atoms. The summed E-state index contributed by atoms with van der Waals surface area (Å²) in [4.78, 5) is 15.4. The van der Waals surface area contributed by atoms with E-state index in [4.69, 9.17) is 9.84 Å². The van der Waals surface area contributed by atoms with Crippen molar-refractivity contribution in [3.05, 3.63) is 0 Å². The van der Waals surface area contributed by atoms with Crippen molar-refractivity contribution in [3.8, 4) is 0 Å². The van der Waals surface area contributed by atoms with E-state index in [0.29, 0.717) is 6.54 Å². The molecule has 1 fully saturated rings. The quantitative estimate of drug-likeness (QED) is 0.574. The minimum absolute atomic E-state index is 0.231. The lowest BCUT2D eigenvalue weighted by molar-refractivity contribution is -0.137. The van der Waals surface area contributed by atoms with Gasteiger partial charge in [0.1, 0.15) is 0 Å². The average Bonchev–Trinajstić information content (AvgIpc) is 2.89. The van der Waals surface area contributed by atoms with Gasteiger partial charge in [-0.15, -0.1) is 0 Å². The number of nitrogens with zero attached hydrogens (tertiary/aromatic N) is 2. The molecule has 1 aliphatic rings. The zero-order valence-electron chi connectivity index (χ0n) is 12.1. The predicted molar refractivity (Wildman–Crippen MR) is 75.5 cm³/mol. The molecule has 1 rings (SSSR count). The summed E-state index contributed by atoms with van der Waals surface area (Å²) in [5, 5.41) is 8.79. The molecule has 0 radical (unpaired) electrons. The van der Waals surface area contributed by atoms with E-state index >= 15 is 0 Å². The molecule has 0 atom stereocenters. The number of carbonyl (C=O) groups is 1. The molecular formula is C14H28N2O3. The van der Waals surface area contributed by atoms with Crippen molar-refractivity contribution < 1.29 is 14.6 Å². The van der Waals surface area contributed by atoms with Crippen molar-refractivity contribution in [3.63, 3.8) is 0 Å². The van der Waals surface area contributed by atoms with Crippen LogP contribution in [-0.4, -0.2) is 73.4 Å². The number of carboxylic acids is 1. The summed E-state index contributed by atoms with van der Waals surface area (Å²) in [6.45, 7) is 9.53. The van der Waals surface area contributed by atoms with Crippen LogP contribution in [0.3, 0.4) is 0 Å². The second-order valence-corrected chi connectivity index (χ2v) is 5.08. The van der Waals surface area contributed by atoms with Crippen LogP contribution in [0.4, 0.5) is 0 Å². The van der Waals surface area contributed by atoms with Crippen LogP contribution < -0.4 is 0 Å². The second-order valence-electron chi connectivity index (χ2n) is 5.08. The van der Waals surface area contributed by atoms with Crippen molar-refractivity contribution in [1.82, 2.24) is 9.80 Å². The van der Waals surface area contributed by atoms with Crippen LogP contribution in [0.5, 0.6) is 0 Å². The predicted octanol–water partition coefficient (Wildman–Crippen LogP) is 1.29. The lowest BCUT2D eigenvalue weighted by atomic mass is 10.3. The fraction of sp³-hybridized carbons (Fsp3) is 0.929. The number of likely N-dealkylation sites (tertiary alicyclic amines) is 1. The van der Waals surface area contributed by atoms with E-state index in [2.05, 4.69) is 9.80 Å². The number of carboxylic acid groups (broad SMARTS) is 1. The van der Waals surface area contributed by atoms with E-state index in [1.54, 1.807) is 0 Å². The van der Waals surface area contributed by atoms with Gasteiger partial charge >= 0.3 is 5.97 Å². The molecule has 0 amide bonds. The van der Waals surface area contributed by atoms with Crippen molar-refractivity contribution in [1.29, 1.82) is 0 Å². The Morgan fingerprint density at radius 3 is 2.63 bits per heavy atom. The Morgan fingerprint density at radius 2 is 2.00 bits per heavy atom. The summed E-state index contributed by atoms with van der Waals surface area (Å²) in [6, 6.07) is 0. The highest BCUT2D eigenvalue weighted by molar-refractivity contribution is 5.66. The van der Waals surface area contributed by atoms with Gasteiger partial charge in [-0.2, -0.15) is 0 Å². The van der Waals surface area contributed by atoms with Gasteiger partial charge in [0.15, 0.2) is 0 Å². The Balaban J connectivity index is 2.19. The van der Waals surface area contributed by atoms with E-state index < -0.39 is 5.97 Å². The highest BCUT2D eigenvalue weighted by Gasteiger charge is 2.13. The smallest absolute Gasteiger partial charge is 0.304 e. The van der Waals surface area contributed by atoms with Gasteiger partial charge < -0.3 is 19.6 Å². The molecule has 5 heteroatoms. The minimum atomic E-state index is -0.712. The van der Waals surface area contributed by atoms with Crippen molar-refractivity contribution in [2.75, 3.05) is 52.5 Å². The molecule has 1 saturated heterocycles. The molecular weight excluding hydrogens is 244 g/mol. The van der Waals surface area contributed by atoms with E-state index in [9.17, 15) is 4.79 Å². The van der Waals surface area contributed by atoms with Gasteiger partial charge in [0.2, 0.25) is 0 Å². The molecule has 0 aromatic carbocycles. The third-order valence-corrected chi connectivity index (χ3v) is 3.54. The molecule has 0 aliphatic carbocycles. The van der Waals surface area contributed by atoms with Crippen LogP contribution in [0.25, 0.3) is 0 Å². The molecule has 0 aromatic heterocycles. The fourth-order valence-electron chi connectivity index (χ4n) is 2.41. The van der Waals surface area contributed by atoms with E-state index in [1.165, 1.54) is 25.9 Å². The average molecular weight is 272 g/mol. The number of rotatable bonds is 11. The molecule has 1 heterocycles. The normalized spacial score (nSPS) is 16.3. The number of hydrogen-bond acceptors (Lipinski definition) is 4. The Bertz CT molecular complexity index is 243. The summed E-state index contributed by atoms with van der Waals surface area (Å²) >= 11 is 0. The Labute approximate surface area is 116 Å². The molecule has 0 aromatic rings. The zero-order chi connectivity index (χ0) is 13.9. The maximum atomic E-state index is 10.7. The maximum Gasteiger partial charge on any atom is 0.304 e. The first-order chi connectivity index (χ1) is 9.22. The summed E-state index contributed by atoms with van der Waals surface area (Å²) in [5.74, 6) is -0.712. The van der Waals surface area contributed by atoms with Crippen LogP contribution in [0.1, 0.15) is 32.6 Å². The molecule has 0 bridgehead atoms. The topological polar surface area (TPSA) is 53.0 Å². The molecule has 112 valence electrons. The van der Waals surface area contributed by atoms with Gasteiger partial charge in [0.05, 0.1) is 6.42 Å². The Kier molecular flexibility index (Phi) is 8.79. The molecule has 1 N–H and O–H groups in total. The molecule has 0 saturated carbocycles. The van der Waals surface area contributed by atoms with Crippen molar-refractivity contribution in [2.45, 2.75) is 32.6 Å². The third kappa shape index (κ3) is 8.18. The zero-order valence-corrected chi connectivity index (χ0v) is 12.1. The number of ether oxygens (including phenoxy) is 1. The third-order valence-electron chi connectivity index (χ3n) is 3.54. The first-order valence-corrected chi connectivity index (χ1v) is 7.46. The lowest BCUT2D eigenvalue weighted by Gasteiger charge is -2.24. The summed E-state index contributed by atoms with van der Waals surface area (Å²) in [7, 11) is 0. The number of hydrogen-bond donors (Lipinski definition) is 1. The van der Waals surface area contributed by atoms with Gasteiger partial charge in [0, 0.05) is 39.4 Å². The van der Waals surface area contributed by atoms with Gasteiger partial charge in [-0.3, -0.25) is 4.79 Å². The van der Waals surface area contributed by atoms with Gasteiger partial charge in [-0.1, -0.05) is 0 Å². The Morgan fingerprint density at radius 1 is 1.26 bits per heavy atom. The summed E-state index contributed by atoms with van der Waals surface area (Å²) in [5.41, 5.74) is 0. The highest BCUT2D eigenvalue weighted by Crippen LogP contribution is 2.07. The van der Waals surface area contributed by atoms with E-state index in [0.717, 1.165) is 39.3 Å². The summed E-state index contributed by atoms with van der Waals surface area (Å²) < 4.78 is 5.33. The van der Waals surface area contributed by atoms with Crippen molar-refractivity contribution in [2.24, 2.45) is 0 Å². The first kappa shape index (κ1) is 16.4. The van der Waals surface area contributed by atoms with Gasteiger partial charge in [0.25, 0.3) is 0 Å². The maximum absolute atomic E-state index is 10.7. The van der Waals surface area contributed by atoms with Crippen LogP contribution >= 0.6 is 0 Å².